The Balaban J connectivity index is 3.28. The van der Waals surface area contributed by atoms with E-state index in [2.05, 4.69) is 32.6 Å². The minimum absolute atomic E-state index is 0.479. The van der Waals surface area contributed by atoms with Gasteiger partial charge in [-0.1, -0.05) is 27.7 Å². The van der Waals surface area contributed by atoms with Gasteiger partial charge >= 0.3 is 0 Å². The SMILES string of the molecule is CCC(CC)N(CC(C)C)c1cc(OC)c(OC)cc1N. The van der Waals surface area contributed by atoms with Crippen LogP contribution in [0.25, 0.3) is 0 Å². The summed E-state index contributed by atoms with van der Waals surface area (Å²) < 4.78 is 10.7. The molecule has 4 nitrogen and oxygen atoms in total. The summed E-state index contributed by atoms with van der Waals surface area (Å²) in [5, 5.41) is 0. The Kier molecular flexibility index (Phi) is 6.66. The van der Waals surface area contributed by atoms with E-state index in [9.17, 15) is 0 Å². The van der Waals surface area contributed by atoms with Crippen molar-refractivity contribution in [2.45, 2.75) is 46.6 Å². The molecule has 1 aromatic carbocycles. The predicted molar refractivity (Wildman–Crippen MR) is 90.5 cm³/mol. The van der Waals surface area contributed by atoms with Crippen LogP contribution in [0, 0.1) is 5.92 Å². The van der Waals surface area contributed by atoms with Crippen LogP contribution < -0.4 is 20.1 Å². The fourth-order valence-corrected chi connectivity index (χ4v) is 2.70. The molecule has 0 unspecified atom stereocenters. The van der Waals surface area contributed by atoms with Gasteiger partial charge in [0.05, 0.1) is 25.6 Å². The maximum Gasteiger partial charge on any atom is 0.162 e. The molecule has 0 saturated carbocycles. The molecule has 2 N–H and O–H groups in total. The maximum atomic E-state index is 6.27. The number of methoxy groups -OCH3 is 2. The Bertz CT molecular complexity index is 443. The summed E-state index contributed by atoms with van der Waals surface area (Å²) in [4.78, 5) is 2.40. The van der Waals surface area contributed by atoms with Crippen LogP contribution in [0.3, 0.4) is 0 Å². The first-order valence-electron chi connectivity index (χ1n) is 7.76. The Hall–Kier alpha value is -1.58. The van der Waals surface area contributed by atoms with Crippen LogP contribution in [0.15, 0.2) is 12.1 Å². The molecule has 1 aromatic rings. The zero-order valence-corrected chi connectivity index (χ0v) is 14.3. The normalized spacial score (nSPS) is 11.0. The molecule has 120 valence electrons. The molecule has 0 atom stereocenters. The molecule has 1 rings (SSSR count). The summed E-state index contributed by atoms with van der Waals surface area (Å²) in [5.74, 6) is 1.97. The molecule has 0 spiro atoms. The lowest BCUT2D eigenvalue weighted by Gasteiger charge is -2.35. The average Bonchev–Trinajstić information content (AvgIpc) is 2.46. The molecule has 0 aliphatic rings. The molecule has 0 radical (unpaired) electrons. The zero-order chi connectivity index (χ0) is 16.0. The number of nitrogens with zero attached hydrogens (tertiary/aromatic N) is 1. The van der Waals surface area contributed by atoms with Gasteiger partial charge in [-0.05, 0) is 18.8 Å². The molecule has 0 saturated heterocycles. The van der Waals surface area contributed by atoms with Crippen molar-refractivity contribution in [3.05, 3.63) is 12.1 Å². The summed E-state index contributed by atoms with van der Waals surface area (Å²) in [5.41, 5.74) is 8.04. The number of hydrogen-bond acceptors (Lipinski definition) is 4. The van der Waals surface area contributed by atoms with Gasteiger partial charge in [0.15, 0.2) is 11.5 Å². The third-order valence-corrected chi connectivity index (χ3v) is 3.79. The second kappa shape index (κ2) is 8.01. The smallest absolute Gasteiger partial charge is 0.162 e. The number of hydrogen-bond donors (Lipinski definition) is 1. The van der Waals surface area contributed by atoms with Crippen molar-refractivity contribution in [1.82, 2.24) is 0 Å². The van der Waals surface area contributed by atoms with Crippen LogP contribution in [0.2, 0.25) is 0 Å². The minimum atomic E-state index is 0.479. The predicted octanol–water partition coefficient (Wildman–Crippen LogP) is 3.94. The molecule has 4 heteroatoms. The van der Waals surface area contributed by atoms with E-state index in [-0.39, 0.29) is 0 Å². The number of ether oxygens (including phenoxy) is 2. The Labute approximate surface area is 129 Å². The van der Waals surface area contributed by atoms with Crippen LogP contribution in [0.4, 0.5) is 11.4 Å². The quantitative estimate of drug-likeness (QED) is 0.738. The molecular formula is C17H30N2O2. The Morgan fingerprint density at radius 3 is 2.00 bits per heavy atom. The molecule has 0 fully saturated rings. The first-order valence-corrected chi connectivity index (χ1v) is 7.76. The lowest BCUT2D eigenvalue weighted by Crippen LogP contribution is -2.37. The van der Waals surface area contributed by atoms with Crippen LogP contribution in [-0.4, -0.2) is 26.8 Å². The molecular weight excluding hydrogens is 264 g/mol. The number of rotatable bonds is 8. The summed E-state index contributed by atoms with van der Waals surface area (Å²) in [6, 6.07) is 4.33. The van der Waals surface area contributed by atoms with Crippen LogP contribution in [0.5, 0.6) is 11.5 Å². The lowest BCUT2D eigenvalue weighted by atomic mass is 10.1. The van der Waals surface area contributed by atoms with E-state index >= 15 is 0 Å². The first-order chi connectivity index (χ1) is 9.98. The fraction of sp³-hybridized carbons (Fsp3) is 0.647. The lowest BCUT2D eigenvalue weighted by molar-refractivity contribution is 0.355. The number of nitrogen functional groups attached to an aromatic ring is 1. The van der Waals surface area contributed by atoms with Crippen molar-refractivity contribution in [1.29, 1.82) is 0 Å². The fourth-order valence-electron chi connectivity index (χ4n) is 2.70. The van der Waals surface area contributed by atoms with E-state index in [1.807, 2.05) is 12.1 Å². The molecule has 0 aromatic heterocycles. The molecule has 0 aliphatic heterocycles. The van der Waals surface area contributed by atoms with Gasteiger partial charge < -0.3 is 20.1 Å². The monoisotopic (exact) mass is 294 g/mol. The standard InChI is InChI=1S/C17H30N2O2/c1-7-13(8-2)19(11-12(3)4)15-10-17(21-6)16(20-5)9-14(15)18/h9-10,12-13H,7-8,11,18H2,1-6H3. The second-order valence-electron chi connectivity index (χ2n) is 5.78. The van der Waals surface area contributed by atoms with Crippen molar-refractivity contribution < 1.29 is 9.47 Å². The van der Waals surface area contributed by atoms with E-state index in [1.54, 1.807) is 14.2 Å². The topological polar surface area (TPSA) is 47.7 Å². The number of nitrogens with two attached hydrogens (primary N) is 1. The molecule has 21 heavy (non-hydrogen) atoms. The molecule has 0 bridgehead atoms. The molecule has 0 heterocycles. The highest BCUT2D eigenvalue weighted by Gasteiger charge is 2.21. The van der Waals surface area contributed by atoms with Gasteiger partial charge in [-0.25, -0.2) is 0 Å². The Morgan fingerprint density at radius 1 is 1.05 bits per heavy atom. The first kappa shape index (κ1) is 17.5. The molecule has 0 amide bonds. The third-order valence-electron chi connectivity index (χ3n) is 3.79. The summed E-state index contributed by atoms with van der Waals surface area (Å²) in [7, 11) is 3.28. The van der Waals surface area contributed by atoms with Crippen molar-refractivity contribution in [2.75, 3.05) is 31.4 Å². The van der Waals surface area contributed by atoms with Crippen molar-refractivity contribution >= 4 is 11.4 Å². The van der Waals surface area contributed by atoms with Crippen molar-refractivity contribution in [3.8, 4) is 11.5 Å². The summed E-state index contributed by atoms with van der Waals surface area (Å²) in [6.07, 6.45) is 2.19. The van der Waals surface area contributed by atoms with Crippen LogP contribution >= 0.6 is 0 Å². The second-order valence-corrected chi connectivity index (χ2v) is 5.78. The van der Waals surface area contributed by atoms with Crippen LogP contribution in [-0.2, 0) is 0 Å². The van der Waals surface area contributed by atoms with E-state index in [0.717, 1.165) is 36.5 Å². The number of benzene rings is 1. The van der Waals surface area contributed by atoms with Crippen molar-refractivity contribution in [2.24, 2.45) is 5.92 Å². The van der Waals surface area contributed by atoms with Gasteiger partial charge in [-0.15, -0.1) is 0 Å². The van der Waals surface area contributed by atoms with Gasteiger partial charge in [0.25, 0.3) is 0 Å². The van der Waals surface area contributed by atoms with Gasteiger partial charge in [0.1, 0.15) is 0 Å². The highest BCUT2D eigenvalue weighted by atomic mass is 16.5. The number of anilines is 2. The Morgan fingerprint density at radius 2 is 1.57 bits per heavy atom. The molecule has 0 aliphatic carbocycles. The highest BCUT2D eigenvalue weighted by molar-refractivity contribution is 5.73. The minimum Gasteiger partial charge on any atom is -0.493 e. The largest absolute Gasteiger partial charge is 0.493 e. The van der Waals surface area contributed by atoms with E-state index in [0.29, 0.717) is 17.7 Å². The van der Waals surface area contributed by atoms with Gasteiger partial charge in [0.2, 0.25) is 0 Å². The third kappa shape index (κ3) is 4.19. The van der Waals surface area contributed by atoms with Gasteiger partial charge in [-0.2, -0.15) is 0 Å². The zero-order valence-electron chi connectivity index (χ0n) is 14.3. The highest BCUT2D eigenvalue weighted by Crippen LogP contribution is 2.38. The average molecular weight is 294 g/mol. The van der Waals surface area contributed by atoms with E-state index in [4.69, 9.17) is 15.2 Å². The van der Waals surface area contributed by atoms with Crippen LogP contribution in [0.1, 0.15) is 40.5 Å². The summed E-state index contributed by atoms with van der Waals surface area (Å²) >= 11 is 0. The van der Waals surface area contributed by atoms with Crippen molar-refractivity contribution in [3.63, 3.8) is 0 Å². The van der Waals surface area contributed by atoms with Gasteiger partial charge in [-0.3, -0.25) is 0 Å². The van der Waals surface area contributed by atoms with E-state index < -0.39 is 0 Å². The maximum absolute atomic E-state index is 6.27. The van der Waals surface area contributed by atoms with E-state index in [1.165, 1.54) is 0 Å². The summed E-state index contributed by atoms with van der Waals surface area (Å²) in [6.45, 7) is 9.88. The van der Waals surface area contributed by atoms with Gasteiger partial charge in [0, 0.05) is 24.7 Å².